The van der Waals surface area contributed by atoms with Crippen LogP contribution in [0.2, 0.25) is 0 Å². The van der Waals surface area contributed by atoms with E-state index in [9.17, 15) is 0 Å². The molecule has 84 valence electrons. The minimum Gasteiger partial charge on any atom is -0.253 e. The van der Waals surface area contributed by atoms with Crippen molar-refractivity contribution < 1.29 is 0 Å². The topological polar surface area (TPSA) is 12.9 Å². The van der Waals surface area contributed by atoms with E-state index in [0.29, 0.717) is 5.92 Å². The van der Waals surface area contributed by atoms with Crippen molar-refractivity contribution in [2.24, 2.45) is 0 Å². The van der Waals surface area contributed by atoms with Gasteiger partial charge in [0.2, 0.25) is 0 Å². The number of nitrogens with zero attached hydrogens (tertiary/aromatic N) is 1. The molecule has 2 aromatic rings. The van der Waals surface area contributed by atoms with Gasteiger partial charge in [0.15, 0.2) is 0 Å². The van der Waals surface area contributed by atoms with E-state index in [1.165, 1.54) is 29.5 Å². The quantitative estimate of drug-likeness (QED) is 0.734. The van der Waals surface area contributed by atoms with Crippen LogP contribution in [-0.4, -0.2) is 4.98 Å². The van der Waals surface area contributed by atoms with Crippen molar-refractivity contribution in [3.63, 3.8) is 0 Å². The zero-order chi connectivity index (χ0) is 11.5. The minimum atomic E-state index is 0.563. The maximum absolute atomic E-state index is 4.75. The van der Waals surface area contributed by atoms with Gasteiger partial charge >= 0.3 is 0 Å². The predicted molar refractivity (Wildman–Crippen MR) is 69.8 cm³/mol. The van der Waals surface area contributed by atoms with Gasteiger partial charge in [-0.2, -0.15) is 0 Å². The van der Waals surface area contributed by atoms with Crippen molar-refractivity contribution in [3.05, 3.63) is 41.6 Å². The molecule has 1 unspecified atom stereocenters. The van der Waals surface area contributed by atoms with Gasteiger partial charge in [0, 0.05) is 11.1 Å². The number of para-hydroxylation sites is 1. The summed E-state index contributed by atoms with van der Waals surface area (Å²) in [7, 11) is 0. The molecule has 0 fully saturated rings. The van der Waals surface area contributed by atoms with Crippen molar-refractivity contribution in [3.8, 4) is 0 Å². The van der Waals surface area contributed by atoms with Gasteiger partial charge in [-0.25, -0.2) is 0 Å². The van der Waals surface area contributed by atoms with Crippen molar-refractivity contribution in [1.29, 1.82) is 0 Å². The minimum absolute atomic E-state index is 0.563. The molecule has 0 saturated carbocycles. The fourth-order valence-electron chi connectivity index (χ4n) is 2.21. The number of aryl methyl sites for hydroxylation is 1. The van der Waals surface area contributed by atoms with Crippen LogP contribution in [0.4, 0.5) is 0 Å². The van der Waals surface area contributed by atoms with Crippen molar-refractivity contribution in [2.75, 3.05) is 0 Å². The third-order valence-corrected chi connectivity index (χ3v) is 3.17. The standard InChI is InChI=1S/C15H19N/c1-4-7-11(2)15-10-12(3)13-8-5-6-9-14(13)16-15/h5-6,8-11H,4,7H2,1-3H3. The Labute approximate surface area is 97.5 Å². The molecule has 0 amide bonds. The predicted octanol–water partition coefficient (Wildman–Crippen LogP) is 4.45. The zero-order valence-corrected chi connectivity index (χ0v) is 10.3. The van der Waals surface area contributed by atoms with Crippen LogP contribution < -0.4 is 0 Å². The summed E-state index contributed by atoms with van der Waals surface area (Å²) in [5.41, 5.74) is 3.70. The second kappa shape index (κ2) is 4.65. The molecular weight excluding hydrogens is 194 g/mol. The lowest BCUT2D eigenvalue weighted by molar-refractivity contribution is 0.649. The summed E-state index contributed by atoms with van der Waals surface area (Å²) in [5, 5.41) is 1.27. The molecule has 0 radical (unpaired) electrons. The van der Waals surface area contributed by atoms with Crippen molar-refractivity contribution >= 4 is 10.9 Å². The summed E-state index contributed by atoms with van der Waals surface area (Å²) in [5.74, 6) is 0.563. The lowest BCUT2D eigenvalue weighted by atomic mass is 9.98. The molecule has 0 aliphatic heterocycles. The number of hydrogen-bond donors (Lipinski definition) is 0. The van der Waals surface area contributed by atoms with Gasteiger partial charge < -0.3 is 0 Å². The van der Waals surface area contributed by atoms with E-state index in [0.717, 1.165) is 5.52 Å². The maximum atomic E-state index is 4.75. The van der Waals surface area contributed by atoms with E-state index in [4.69, 9.17) is 4.98 Å². The Balaban J connectivity index is 2.49. The summed E-state index contributed by atoms with van der Waals surface area (Å²) in [4.78, 5) is 4.75. The fraction of sp³-hybridized carbons (Fsp3) is 0.400. The Morgan fingerprint density at radius 2 is 2.00 bits per heavy atom. The molecule has 1 aromatic heterocycles. The highest BCUT2D eigenvalue weighted by atomic mass is 14.7. The first-order valence-electron chi connectivity index (χ1n) is 6.08. The normalized spacial score (nSPS) is 12.9. The number of pyridine rings is 1. The van der Waals surface area contributed by atoms with Crippen LogP contribution in [0.1, 0.15) is 43.9 Å². The molecule has 0 aliphatic carbocycles. The van der Waals surface area contributed by atoms with Crippen LogP contribution >= 0.6 is 0 Å². The average Bonchev–Trinajstić information content (AvgIpc) is 2.29. The largest absolute Gasteiger partial charge is 0.253 e. The highest BCUT2D eigenvalue weighted by Gasteiger charge is 2.08. The summed E-state index contributed by atoms with van der Waals surface area (Å²) in [6.07, 6.45) is 2.43. The fourth-order valence-corrected chi connectivity index (χ4v) is 2.21. The first kappa shape index (κ1) is 11.1. The number of aromatic nitrogens is 1. The van der Waals surface area contributed by atoms with Gasteiger partial charge in [-0.3, -0.25) is 4.98 Å². The molecule has 0 aliphatic rings. The molecule has 0 N–H and O–H groups in total. The lowest BCUT2D eigenvalue weighted by Gasteiger charge is -2.12. The van der Waals surface area contributed by atoms with Gasteiger partial charge in [-0.05, 0) is 37.0 Å². The third-order valence-electron chi connectivity index (χ3n) is 3.17. The van der Waals surface area contributed by atoms with Gasteiger partial charge in [-0.1, -0.05) is 38.5 Å². The van der Waals surface area contributed by atoms with Gasteiger partial charge in [0.05, 0.1) is 5.52 Å². The highest BCUT2D eigenvalue weighted by Crippen LogP contribution is 2.24. The van der Waals surface area contributed by atoms with Crippen LogP contribution in [0.15, 0.2) is 30.3 Å². The van der Waals surface area contributed by atoms with E-state index in [1.807, 2.05) is 0 Å². The Bertz CT molecular complexity index is 488. The van der Waals surface area contributed by atoms with E-state index < -0.39 is 0 Å². The Morgan fingerprint density at radius 1 is 1.25 bits per heavy atom. The van der Waals surface area contributed by atoms with E-state index >= 15 is 0 Å². The average molecular weight is 213 g/mol. The SMILES string of the molecule is CCCC(C)c1cc(C)c2ccccc2n1. The second-order valence-corrected chi connectivity index (χ2v) is 4.57. The zero-order valence-electron chi connectivity index (χ0n) is 10.3. The summed E-state index contributed by atoms with van der Waals surface area (Å²) in [6.45, 7) is 6.66. The first-order chi connectivity index (χ1) is 7.72. The monoisotopic (exact) mass is 213 g/mol. The number of rotatable bonds is 3. The maximum Gasteiger partial charge on any atom is 0.0708 e. The van der Waals surface area contributed by atoms with E-state index in [-0.39, 0.29) is 0 Å². The number of benzene rings is 1. The van der Waals surface area contributed by atoms with E-state index in [2.05, 4.69) is 51.1 Å². The molecule has 0 saturated heterocycles. The van der Waals surface area contributed by atoms with Crippen LogP contribution in [-0.2, 0) is 0 Å². The Hall–Kier alpha value is -1.37. The molecular formula is C15H19N. The molecule has 1 atom stereocenters. The molecule has 1 aromatic carbocycles. The Kier molecular flexibility index (Phi) is 3.23. The molecule has 0 spiro atoms. The summed E-state index contributed by atoms with van der Waals surface area (Å²) in [6, 6.07) is 10.6. The van der Waals surface area contributed by atoms with Crippen molar-refractivity contribution in [1.82, 2.24) is 4.98 Å². The highest BCUT2D eigenvalue weighted by molar-refractivity contribution is 5.82. The second-order valence-electron chi connectivity index (χ2n) is 4.57. The molecule has 1 heterocycles. The molecule has 0 bridgehead atoms. The molecule has 1 heteroatoms. The smallest absolute Gasteiger partial charge is 0.0708 e. The number of fused-ring (bicyclic) bond motifs is 1. The molecule has 1 nitrogen and oxygen atoms in total. The molecule has 16 heavy (non-hydrogen) atoms. The van der Waals surface area contributed by atoms with Crippen LogP contribution in [0.25, 0.3) is 10.9 Å². The summed E-state index contributed by atoms with van der Waals surface area (Å²) < 4.78 is 0. The first-order valence-corrected chi connectivity index (χ1v) is 6.08. The lowest BCUT2D eigenvalue weighted by Crippen LogP contribution is -1.98. The third kappa shape index (κ3) is 2.08. The van der Waals surface area contributed by atoms with Crippen LogP contribution in [0.5, 0.6) is 0 Å². The van der Waals surface area contributed by atoms with Gasteiger partial charge in [0.1, 0.15) is 0 Å². The van der Waals surface area contributed by atoms with Gasteiger partial charge in [-0.15, -0.1) is 0 Å². The molecule has 2 rings (SSSR count). The van der Waals surface area contributed by atoms with Crippen molar-refractivity contribution in [2.45, 2.75) is 39.5 Å². The number of hydrogen-bond acceptors (Lipinski definition) is 1. The van der Waals surface area contributed by atoms with Crippen LogP contribution in [0, 0.1) is 6.92 Å². The van der Waals surface area contributed by atoms with Gasteiger partial charge in [0.25, 0.3) is 0 Å². The summed E-state index contributed by atoms with van der Waals surface area (Å²) >= 11 is 0. The Morgan fingerprint density at radius 3 is 2.75 bits per heavy atom. The van der Waals surface area contributed by atoms with Crippen LogP contribution in [0.3, 0.4) is 0 Å². The van der Waals surface area contributed by atoms with E-state index in [1.54, 1.807) is 0 Å².